The monoisotopic (exact) mass is 545 g/mol. The van der Waals surface area contributed by atoms with Crippen LogP contribution in [0, 0.1) is 6.92 Å². The number of hydrogen-bond acceptors (Lipinski definition) is 5. The van der Waals surface area contributed by atoms with Gasteiger partial charge in [-0.05, 0) is 30.2 Å². The van der Waals surface area contributed by atoms with Crippen LogP contribution >= 0.6 is 24.0 Å². The molecule has 0 saturated heterocycles. The summed E-state index contributed by atoms with van der Waals surface area (Å²) in [6, 6.07) is 11.2. The van der Waals surface area contributed by atoms with E-state index in [-0.39, 0.29) is 24.0 Å². The van der Waals surface area contributed by atoms with Crippen molar-refractivity contribution in [3.63, 3.8) is 0 Å². The van der Waals surface area contributed by atoms with Crippen molar-refractivity contribution in [3.8, 4) is 11.5 Å². The maximum atomic E-state index is 11.8. The van der Waals surface area contributed by atoms with Crippen LogP contribution in [0.2, 0.25) is 0 Å². The molecule has 0 atom stereocenters. The van der Waals surface area contributed by atoms with Crippen molar-refractivity contribution in [1.82, 2.24) is 10.6 Å². The number of rotatable bonds is 5. The third kappa shape index (κ3) is 6.24. The Labute approximate surface area is 195 Å². The predicted molar refractivity (Wildman–Crippen MR) is 129 cm³/mol. The lowest BCUT2D eigenvalue weighted by Gasteiger charge is -2.16. The Morgan fingerprint density at radius 2 is 1.83 bits per heavy atom. The molecule has 2 aromatic rings. The van der Waals surface area contributed by atoms with Gasteiger partial charge in [0.05, 0.1) is 18.1 Å². The Morgan fingerprint density at radius 1 is 1.10 bits per heavy atom. The van der Waals surface area contributed by atoms with E-state index < -0.39 is 9.84 Å². The van der Waals surface area contributed by atoms with Crippen molar-refractivity contribution < 1.29 is 17.9 Å². The van der Waals surface area contributed by atoms with Crippen LogP contribution in [0.3, 0.4) is 0 Å². The topological polar surface area (TPSA) is 89.0 Å². The third-order valence-electron chi connectivity index (χ3n) is 4.62. The largest absolute Gasteiger partial charge is 0.490 e. The van der Waals surface area contributed by atoms with Crippen LogP contribution in [0.4, 0.5) is 0 Å². The van der Waals surface area contributed by atoms with Crippen molar-refractivity contribution in [3.05, 3.63) is 53.1 Å². The van der Waals surface area contributed by atoms with E-state index in [1.807, 2.05) is 30.3 Å². The number of aliphatic imine (C=N–C) groups is 1. The third-order valence-corrected chi connectivity index (χ3v) is 5.88. The zero-order valence-corrected chi connectivity index (χ0v) is 20.5. The fraction of sp³-hybridized carbons (Fsp3) is 0.381. The molecule has 1 aliphatic rings. The molecule has 0 spiro atoms. The quantitative estimate of drug-likeness (QED) is 0.341. The zero-order valence-electron chi connectivity index (χ0n) is 17.4. The standard InChI is InChI=1S/C21H27N3O4S.HI/c1-15-12-16(8-9-19(15)29(3,25)26)13-23-21(22-2)24-14-17-6-4-7-18-20(17)28-11-5-10-27-18;/h4,6-9,12H,5,10-11,13-14H2,1-3H3,(H2,22,23,24);1H. The van der Waals surface area contributed by atoms with Crippen LogP contribution < -0.4 is 20.1 Å². The van der Waals surface area contributed by atoms with Crippen LogP contribution in [0.5, 0.6) is 11.5 Å². The SMILES string of the molecule is CN=C(NCc1ccc(S(C)(=O)=O)c(C)c1)NCc1cccc2c1OCCCO2.I. The zero-order chi connectivity index (χ0) is 20.9. The van der Waals surface area contributed by atoms with Gasteiger partial charge in [0.2, 0.25) is 0 Å². The highest BCUT2D eigenvalue weighted by atomic mass is 127. The molecule has 0 amide bonds. The first-order chi connectivity index (χ1) is 13.9. The minimum Gasteiger partial charge on any atom is -0.490 e. The smallest absolute Gasteiger partial charge is 0.191 e. The summed E-state index contributed by atoms with van der Waals surface area (Å²) in [6.07, 6.45) is 2.08. The van der Waals surface area contributed by atoms with E-state index in [0.29, 0.717) is 37.2 Å². The summed E-state index contributed by atoms with van der Waals surface area (Å²) in [4.78, 5) is 4.61. The number of ether oxygens (including phenoxy) is 2. The Hall–Kier alpha value is -2.01. The fourth-order valence-electron chi connectivity index (χ4n) is 3.22. The van der Waals surface area contributed by atoms with E-state index in [1.165, 1.54) is 6.26 Å². The second kappa shape index (κ2) is 10.9. The minimum absolute atomic E-state index is 0. The van der Waals surface area contributed by atoms with Gasteiger partial charge in [0.1, 0.15) is 0 Å². The van der Waals surface area contributed by atoms with Crippen molar-refractivity contribution in [1.29, 1.82) is 0 Å². The molecule has 3 rings (SSSR count). The molecule has 2 aromatic carbocycles. The molecule has 0 fully saturated rings. The lowest BCUT2D eigenvalue weighted by molar-refractivity contribution is 0.296. The fourth-order valence-corrected chi connectivity index (χ4v) is 4.18. The second-order valence-corrected chi connectivity index (χ2v) is 8.93. The second-order valence-electron chi connectivity index (χ2n) is 6.95. The summed E-state index contributed by atoms with van der Waals surface area (Å²) in [7, 11) is -1.51. The number of sulfone groups is 1. The van der Waals surface area contributed by atoms with E-state index >= 15 is 0 Å². The van der Waals surface area contributed by atoms with Crippen LogP contribution in [-0.4, -0.2) is 40.9 Å². The Bertz CT molecular complexity index is 1010. The predicted octanol–water partition coefficient (Wildman–Crippen LogP) is 3.04. The first-order valence-electron chi connectivity index (χ1n) is 9.50. The molecule has 30 heavy (non-hydrogen) atoms. The average Bonchev–Trinajstić information content (AvgIpc) is 2.93. The van der Waals surface area contributed by atoms with Gasteiger partial charge in [-0.25, -0.2) is 8.42 Å². The van der Waals surface area contributed by atoms with Crippen LogP contribution in [0.1, 0.15) is 23.1 Å². The molecule has 0 radical (unpaired) electrons. The molecular formula is C21H28IN3O4S. The normalized spacial score (nSPS) is 13.8. The number of guanidine groups is 1. The molecule has 0 unspecified atom stereocenters. The summed E-state index contributed by atoms with van der Waals surface area (Å²) in [5.41, 5.74) is 2.71. The van der Waals surface area contributed by atoms with Crippen molar-refractivity contribution in [2.24, 2.45) is 4.99 Å². The van der Waals surface area contributed by atoms with E-state index in [0.717, 1.165) is 34.6 Å². The highest BCUT2D eigenvalue weighted by molar-refractivity contribution is 14.0. The van der Waals surface area contributed by atoms with E-state index in [2.05, 4.69) is 15.6 Å². The Morgan fingerprint density at radius 3 is 2.53 bits per heavy atom. The number of halogens is 1. The van der Waals surface area contributed by atoms with Crippen molar-refractivity contribution >= 4 is 39.8 Å². The molecule has 164 valence electrons. The van der Waals surface area contributed by atoms with Crippen LogP contribution in [-0.2, 0) is 22.9 Å². The lowest BCUT2D eigenvalue weighted by atomic mass is 10.1. The summed E-state index contributed by atoms with van der Waals surface area (Å²) in [6.45, 7) is 4.16. The molecule has 2 N–H and O–H groups in total. The Balaban J connectivity index is 0.00000320. The van der Waals surface area contributed by atoms with Gasteiger partial charge < -0.3 is 20.1 Å². The van der Waals surface area contributed by atoms with Gasteiger partial charge in [0.25, 0.3) is 0 Å². The van der Waals surface area contributed by atoms with Gasteiger partial charge in [-0.1, -0.05) is 24.3 Å². The average molecular weight is 545 g/mol. The van der Waals surface area contributed by atoms with Gasteiger partial charge in [-0.3, -0.25) is 4.99 Å². The van der Waals surface area contributed by atoms with Crippen molar-refractivity contribution in [2.45, 2.75) is 31.3 Å². The van der Waals surface area contributed by atoms with Crippen LogP contribution in [0.25, 0.3) is 0 Å². The summed E-state index contributed by atoms with van der Waals surface area (Å²) < 4.78 is 35.1. The number of nitrogens with zero attached hydrogens (tertiary/aromatic N) is 1. The molecule has 1 aliphatic heterocycles. The van der Waals surface area contributed by atoms with Gasteiger partial charge in [-0.2, -0.15) is 0 Å². The first kappa shape index (κ1) is 24.3. The number of aryl methyl sites for hydroxylation is 1. The molecule has 7 nitrogen and oxygen atoms in total. The van der Waals surface area contributed by atoms with Crippen LogP contribution in [0.15, 0.2) is 46.3 Å². The highest BCUT2D eigenvalue weighted by Crippen LogP contribution is 2.33. The minimum atomic E-state index is -3.21. The molecule has 0 aliphatic carbocycles. The summed E-state index contributed by atoms with van der Waals surface area (Å²) in [5.74, 6) is 2.19. The summed E-state index contributed by atoms with van der Waals surface area (Å²) in [5, 5.41) is 6.54. The number of nitrogens with one attached hydrogen (secondary N) is 2. The molecule has 0 aromatic heterocycles. The number of hydrogen-bond donors (Lipinski definition) is 2. The number of para-hydroxylation sites is 1. The first-order valence-corrected chi connectivity index (χ1v) is 11.4. The van der Waals surface area contributed by atoms with Gasteiger partial charge in [0, 0.05) is 38.4 Å². The molecule has 0 saturated carbocycles. The molecule has 0 bridgehead atoms. The lowest BCUT2D eigenvalue weighted by Crippen LogP contribution is -2.36. The van der Waals surface area contributed by atoms with E-state index in [9.17, 15) is 8.42 Å². The van der Waals surface area contributed by atoms with E-state index in [4.69, 9.17) is 9.47 Å². The maximum Gasteiger partial charge on any atom is 0.191 e. The molecule has 1 heterocycles. The summed E-state index contributed by atoms with van der Waals surface area (Å²) >= 11 is 0. The number of fused-ring (bicyclic) bond motifs is 1. The van der Waals surface area contributed by atoms with Gasteiger partial charge in [0.15, 0.2) is 27.3 Å². The molecular weight excluding hydrogens is 517 g/mol. The van der Waals surface area contributed by atoms with Crippen molar-refractivity contribution in [2.75, 3.05) is 26.5 Å². The van der Waals surface area contributed by atoms with Gasteiger partial charge in [-0.15, -0.1) is 24.0 Å². The highest BCUT2D eigenvalue weighted by Gasteiger charge is 2.15. The molecule has 9 heteroatoms. The maximum absolute atomic E-state index is 11.8. The Kier molecular flexibility index (Phi) is 8.78. The number of benzene rings is 2. The van der Waals surface area contributed by atoms with Gasteiger partial charge >= 0.3 is 0 Å². The van der Waals surface area contributed by atoms with E-state index in [1.54, 1.807) is 20.0 Å².